The summed E-state index contributed by atoms with van der Waals surface area (Å²) in [4.78, 5) is 0. The number of hydrogen-bond acceptors (Lipinski definition) is 1. The Morgan fingerprint density at radius 3 is 2.44 bits per heavy atom. The second-order valence-electron chi connectivity index (χ2n) is 5.11. The van der Waals surface area contributed by atoms with Crippen LogP contribution in [0, 0.1) is 11.3 Å². The van der Waals surface area contributed by atoms with Crippen LogP contribution in [-0.4, -0.2) is 13.6 Å². The summed E-state index contributed by atoms with van der Waals surface area (Å²) in [6.45, 7) is 8.00. The van der Waals surface area contributed by atoms with Gasteiger partial charge in [-0.25, -0.2) is 0 Å². The van der Waals surface area contributed by atoms with E-state index in [0.29, 0.717) is 11.3 Å². The third-order valence-electron chi connectivity index (χ3n) is 3.53. The van der Waals surface area contributed by atoms with Crippen LogP contribution in [0.4, 0.5) is 0 Å². The van der Waals surface area contributed by atoms with E-state index in [4.69, 9.17) is 0 Å². The van der Waals surface area contributed by atoms with Gasteiger partial charge in [0.1, 0.15) is 0 Å². The smallest absolute Gasteiger partial charge is 0.0207 e. The maximum absolute atomic E-state index is 3.63. The predicted molar refractivity (Wildman–Crippen MR) is 74.7 cm³/mol. The zero-order valence-corrected chi connectivity index (χ0v) is 12.3. The monoisotopic (exact) mass is 283 g/mol. The minimum absolute atomic E-state index is 0.304. The molecule has 0 heterocycles. The minimum Gasteiger partial charge on any atom is -0.319 e. The SMILES string of the molecule is CNCC(C)(Cc1ccccc1Br)C(C)C. The second kappa shape index (κ2) is 5.83. The molecule has 0 saturated heterocycles. The highest BCUT2D eigenvalue weighted by Crippen LogP contribution is 2.32. The molecule has 0 amide bonds. The Kier molecular flexibility index (Phi) is 5.00. The van der Waals surface area contributed by atoms with E-state index >= 15 is 0 Å². The molecule has 1 N–H and O–H groups in total. The number of rotatable bonds is 5. The molecule has 1 nitrogen and oxygen atoms in total. The zero-order chi connectivity index (χ0) is 12.2. The highest BCUT2D eigenvalue weighted by Gasteiger charge is 2.28. The summed E-state index contributed by atoms with van der Waals surface area (Å²) in [6.07, 6.45) is 1.10. The molecule has 1 unspecified atom stereocenters. The van der Waals surface area contributed by atoms with Crippen molar-refractivity contribution in [1.82, 2.24) is 5.32 Å². The molecule has 0 aromatic heterocycles. The van der Waals surface area contributed by atoms with Gasteiger partial charge < -0.3 is 5.32 Å². The van der Waals surface area contributed by atoms with Crippen molar-refractivity contribution in [2.24, 2.45) is 11.3 Å². The van der Waals surface area contributed by atoms with E-state index in [9.17, 15) is 0 Å². The van der Waals surface area contributed by atoms with Crippen LogP contribution in [0.1, 0.15) is 26.3 Å². The van der Waals surface area contributed by atoms with E-state index in [0.717, 1.165) is 13.0 Å². The molecular formula is C14H22BrN. The molecule has 0 saturated carbocycles. The molecule has 2 heteroatoms. The van der Waals surface area contributed by atoms with Gasteiger partial charge in [0.15, 0.2) is 0 Å². The average molecular weight is 284 g/mol. The molecule has 1 rings (SSSR count). The van der Waals surface area contributed by atoms with Crippen molar-refractivity contribution in [3.05, 3.63) is 34.3 Å². The van der Waals surface area contributed by atoms with Gasteiger partial charge in [-0.1, -0.05) is 54.9 Å². The van der Waals surface area contributed by atoms with Crippen molar-refractivity contribution in [1.29, 1.82) is 0 Å². The Balaban J connectivity index is 2.88. The van der Waals surface area contributed by atoms with E-state index in [1.54, 1.807) is 0 Å². The van der Waals surface area contributed by atoms with E-state index in [2.05, 4.69) is 66.3 Å². The fourth-order valence-electron chi connectivity index (χ4n) is 1.95. The van der Waals surface area contributed by atoms with Crippen molar-refractivity contribution in [2.45, 2.75) is 27.2 Å². The lowest BCUT2D eigenvalue weighted by Crippen LogP contribution is -2.36. The van der Waals surface area contributed by atoms with Crippen LogP contribution >= 0.6 is 15.9 Å². The fourth-order valence-corrected chi connectivity index (χ4v) is 2.38. The first-order valence-electron chi connectivity index (χ1n) is 5.87. The topological polar surface area (TPSA) is 12.0 Å². The van der Waals surface area contributed by atoms with Gasteiger partial charge >= 0.3 is 0 Å². The molecular weight excluding hydrogens is 262 g/mol. The first-order valence-corrected chi connectivity index (χ1v) is 6.67. The lowest BCUT2D eigenvalue weighted by molar-refractivity contribution is 0.212. The molecule has 1 atom stereocenters. The number of hydrogen-bond donors (Lipinski definition) is 1. The van der Waals surface area contributed by atoms with Gasteiger partial charge in [0.25, 0.3) is 0 Å². The van der Waals surface area contributed by atoms with Crippen molar-refractivity contribution in [2.75, 3.05) is 13.6 Å². The first kappa shape index (κ1) is 13.7. The molecule has 0 spiro atoms. The summed E-state index contributed by atoms with van der Waals surface area (Å²) in [6, 6.07) is 8.51. The van der Waals surface area contributed by atoms with Gasteiger partial charge in [-0.05, 0) is 36.4 Å². The van der Waals surface area contributed by atoms with Crippen LogP contribution in [0.2, 0.25) is 0 Å². The number of benzene rings is 1. The van der Waals surface area contributed by atoms with Crippen molar-refractivity contribution in [3.63, 3.8) is 0 Å². The van der Waals surface area contributed by atoms with E-state index in [1.807, 2.05) is 7.05 Å². The summed E-state index contributed by atoms with van der Waals surface area (Å²) < 4.78 is 1.22. The van der Waals surface area contributed by atoms with Crippen LogP contribution < -0.4 is 5.32 Å². The molecule has 0 aliphatic heterocycles. The van der Waals surface area contributed by atoms with Crippen molar-refractivity contribution < 1.29 is 0 Å². The lowest BCUT2D eigenvalue weighted by atomic mass is 9.74. The summed E-state index contributed by atoms with van der Waals surface area (Å²) in [7, 11) is 2.03. The van der Waals surface area contributed by atoms with E-state index in [-0.39, 0.29) is 0 Å². The molecule has 0 aliphatic carbocycles. The quantitative estimate of drug-likeness (QED) is 0.865. The van der Waals surface area contributed by atoms with Gasteiger partial charge in [-0.15, -0.1) is 0 Å². The van der Waals surface area contributed by atoms with E-state index < -0.39 is 0 Å². The Morgan fingerprint density at radius 1 is 1.31 bits per heavy atom. The lowest BCUT2D eigenvalue weighted by Gasteiger charge is -2.34. The zero-order valence-electron chi connectivity index (χ0n) is 10.7. The molecule has 0 radical (unpaired) electrons. The van der Waals surface area contributed by atoms with Crippen LogP contribution in [-0.2, 0) is 6.42 Å². The van der Waals surface area contributed by atoms with E-state index in [1.165, 1.54) is 10.0 Å². The standard InChI is InChI=1S/C14H22BrN/c1-11(2)14(3,10-16-4)9-12-7-5-6-8-13(12)15/h5-8,11,16H,9-10H2,1-4H3. The first-order chi connectivity index (χ1) is 7.49. The molecule has 0 fully saturated rings. The molecule has 16 heavy (non-hydrogen) atoms. The van der Waals surface area contributed by atoms with Gasteiger partial charge in [-0.2, -0.15) is 0 Å². The number of nitrogens with one attached hydrogen (secondary N) is 1. The fraction of sp³-hybridized carbons (Fsp3) is 0.571. The average Bonchev–Trinajstić information content (AvgIpc) is 2.21. The van der Waals surface area contributed by atoms with Crippen LogP contribution in [0.25, 0.3) is 0 Å². The van der Waals surface area contributed by atoms with Crippen molar-refractivity contribution in [3.8, 4) is 0 Å². The molecule has 0 aliphatic rings. The number of halogens is 1. The Bertz CT molecular complexity index is 335. The normalized spacial score (nSPS) is 15.1. The third kappa shape index (κ3) is 3.33. The third-order valence-corrected chi connectivity index (χ3v) is 4.30. The van der Waals surface area contributed by atoms with Gasteiger partial charge in [0.05, 0.1) is 0 Å². The maximum atomic E-state index is 3.63. The highest BCUT2D eigenvalue weighted by molar-refractivity contribution is 9.10. The molecule has 1 aromatic rings. The Morgan fingerprint density at radius 2 is 1.94 bits per heavy atom. The maximum Gasteiger partial charge on any atom is 0.0207 e. The van der Waals surface area contributed by atoms with Crippen LogP contribution in [0.5, 0.6) is 0 Å². The summed E-state index contributed by atoms with van der Waals surface area (Å²) in [5.74, 6) is 0.659. The molecule has 1 aromatic carbocycles. The second-order valence-corrected chi connectivity index (χ2v) is 5.96. The summed E-state index contributed by atoms with van der Waals surface area (Å²) in [5, 5.41) is 3.31. The van der Waals surface area contributed by atoms with Gasteiger partial charge in [-0.3, -0.25) is 0 Å². The van der Waals surface area contributed by atoms with Crippen molar-refractivity contribution >= 4 is 15.9 Å². The van der Waals surface area contributed by atoms with Gasteiger partial charge in [0, 0.05) is 11.0 Å². The highest BCUT2D eigenvalue weighted by atomic mass is 79.9. The molecule has 0 bridgehead atoms. The predicted octanol–water partition coefficient (Wildman–Crippen LogP) is 3.87. The largest absolute Gasteiger partial charge is 0.319 e. The minimum atomic E-state index is 0.304. The van der Waals surface area contributed by atoms with Gasteiger partial charge in [0.2, 0.25) is 0 Å². The Hall–Kier alpha value is -0.340. The summed E-state index contributed by atoms with van der Waals surface area (Å²) in [5.41, 5.74) is 1.70. The summed E-state index contributed by atoms with van der Waals surface area (Å²) >= 11 is 3.63. The Labute approximate surface area is 108 Å². The van der Waals surface area contributed by atoms with Crippen LogP contribution in [0.3, 0.4) is 0 Å². The molecule has 90 valence electrons. The van der Waals surface area contributed by atoms with Crippen LogP contribution in [0.15, 0.2) is 28.7 Å².